The van der Waals surface area contributed by atoms with Crippen LogP contribution >= 0.6 is 0 Å². The van der Waals surface area contributed by atoms with Gasteiger partial charge in [-0.15, -0.1) is 0 Å². The molecule has 102 valence electrons. The van der Waals surface area contributed by atoms with Crippen molar-refractivity contribution in [3.63, 3.8) is 0 Å². The van der Waals surface area contributed by atoms with Crippen LogP contribution in [0.1, 0.15) is 12.6 Å². The molecule has 0 atom stereocenters. The number of nitrogen functional groups attached to an aromatic ring is 1. The van der Waals surface area contributed by atoms with Gasteiger partial charge in [-0.05, 0) is 18.6 Å². The number of ether oxygens (including phenoxy) is 1. The third kappa shape index (κ3) is 2.23. The van der Waals surface area contributed by atoms with Gasteiger partial charge in [-0.2, -0.15) is 5.10 Å². The van der Waals surface area contributed by atoms with Crippen LogP contribution in [-0.2, 0) is 13.5 Å². The summed E-state index contributed by atoms with van der Waals surface area (Å²) in [5.41, 5.74) is 8.78. The number of hydrogen-bond acceptors (Lipinski definition) is 4. The van der Waals surface area contributed by atoms with Crippen LogP contribution in [0.4, 0.5) is 17.2 Å². The Kier molecular flexibility index (Phi) is 3.64. The van der Waals surface area contributed by atoms with E-state index in [2.05, 4.69) is 5.10 Å². The lowest BCUT2D eigenvalue weighted by Crippen LogP contribution is -2.15. The summed E-state index contributed by atoms with van der Waals surface area (Å²) in [6.45, 7) is 2.05. The molecule has 0 amide bonds. The maximum atomic E-state index is 6.18. The van der Waals surface area contributed by atoms with E-state index in [0.29, 0.717) is 0 Å². The van der Waals surface area contributed by atoms with E-state index in [1.165, 1.54) is 0 Å². The minimum atomic E-state index is 0.721. The number of benzene rings is 1. The summed E-state index contributed by atoms with van der Waals surface area (Å²) in [7, 11) is 5.53. The first-order chi connectivity index (χ1) is 9.10. The fraction of sp³-hybridized carbons (Fsp3) is 0.357. The minimum Gasteiger partial charge on any atom is -0.495 e. The summed E-state index contributed by atoms with van der Waals surface area (Å²) in [5.74, 6) is 1.69. The molecule has 19 heavy (non-hydrogen) atoms. The normalized spacial score (nSPS) is 10.5. The first-order valence-corrected chi connectivity index (χ1v) is 6.28. The zero-order chi connectivity index (χ0) is 14.0. The third-order valence-electron chi connectivity index (χ3n) is 3.23. The summed E-state index contributed by atoms with van der Waals surface area (Å²) >= 11 is 0. The summed E-state index contributed by atoms with van der Waals surface area (Å²) in [4.78, 5) is 2.00. The van der Waals surface area contributed by atoms with Gasteiger partial charge in [0.1, 0.15) is 5.75 Å². The molecule has 0 aliphatic carbocycles. The number of rotatable bonds is 4. The van der Waals surface area contributed by atoms with E-state index in [-0.39, 0.29) is 0 Å². The van der Waals surface area contributed by atoms with Gasteiger partial charge in [-0.3, -0.25) is 4.68 Å². The Morgan fingerprint density at radius 3 is 2.63 bits per heavy atom. The van der Waals surface area contributed by atoms with E-state index < -0.39 is 0 Å². The number of hydrogen-bond donors (Lipinski definition) is 1. The zero-order valence-electron chi connectivity index (χ0n) is 11.8. The highest BCUT2D eigenvalue weighted by Crippen LogP contribution is 2.35. The smallest absolute Gasteiger partial charge is 0.154 e. The topological polar surface area (TPSA) is 56.3 Å². The van der Waals surface area contributed by atoms with Gasteiger partial charge in [0.25, 0.3) is 0 Å². The molecule has 0 saturated heterocycles. The van der Waals surface area contributed by atoms with E-state index in [1.807, 2.05) is 50.2 Å². The molecule has 0 radical (unpaired) electrons. The van der Waals surface area contributed by atoms with Crippen molar-refractivity contribution in [3.05, 3.63) is 30.0 Å². The number of nitrogens with zero attached hydrogens (tertiary/aromatic N) is 3. The number of methoxy groups -OCH3 is 1. The molecule has 5 nitrogen and oxygen atoms in total. The molecular weight excluding hydrogens is 240 g/mol. The second-order valence-electron chi connectivity index (χ2n) is 4.39. The Morgan fingerprint density at radius 2 is 2.05 bits per heavy atom. The second kappa shape index (κ2) is 5.22. The fourth-order valence-electron chi connectivity index (χ4n) is 2.27. The molecule has 2 aromatic rings. The summed E-state index contributed by atoms with van der Waals surface area (Å²) in [5, 5.41) is 4.44. The summed E-state index contributed by atoms with van der Waals surface area (Å²) in [6.07, 6.45) is 0.819. The minimum absolute atomic E-state index is 0.721. The first kappa shape index (κ1) is 13.3. The highest BCUT2D eigenvalue weighted by atomic mass is 16.5. The Bertz CT molecular complexity index is 577. The molecule has 5 heteroatoms. The van der Waals surface area contributed by atoms with Crippen LogP contribution in [-0.4, -0.2) is 23.9 Å². The van der Waals surface area contributed by atoms with Gasteiger partial charge in [0.2, 0.25) is 0 Å². The molecule has 2 N–H and O–H groups in total. The van der Waals surface area contributed by atoms with Crippen LogP contribution in [0, 0.1) is 0 Å². The SMILES string of the molecule is CCc1nn(C)c(N(C)c2ccccc2OC)c1N. The number of nitrogens with two attached hydrogens (primary N) is 1. The second-order valence-corrected chi connectivity index (χ2v) is 4.39. The van der Waals surface area contributed by atoms with Crippen molar-refractivity contribution >= 4 is 17.2 Å². The maximum Gasteiger partial charge on any atom is 0.154 e. The van der Waals surface area contributed by atoms with Crippen molar-refractivity contribution in [2.75, 3.05) is 24.8 Å². The highest BCUT2D eigenvalue weighted by molar-refractivity contribution is 5.76. The maximum absolute atomic E-state index is 6.18. The van der Waals surface area contributed by atoms with Crippen LogP contribution < -0.4 is 15.4 Å². The van der Waals surface area contributed by atoms with Gasteiger partial charge in [0.15, 0.2) is 5.82 Å². The summed E-state index contributed by atoms with van der Waals surface area (Å²) in [6, 6.07) is 7.85. The van der Waals surface area contributed by atoms with Crippen molar-refractivity contribution in [1.82, 2.24) is 9.78 Å². The molecule has 0 unspecified atom stereocenters. The largest absolute Gasteiger partial charge is 0.495 e. The van der Waals surface area contributed by atoms with Crippen LogP contribution in [0.15, 0.2) is 24.3 Å². The van der Waals surface area contributed by atoms with Crippen LogP contribution in [0.5, 0.6) is 5.75 Å². The molecule has 1 aromatic heterocycles. The molecule has 1 heterocycles. The Balaban J connectivity index is 2.50. The van der Waals surface area contributed by atoms with Crippen molar-refractivity contribution in [3.8, 4) is 5.75 Å². The quantitative estimate of drug-likeness (QED) is 0.916. The first-order valence-electron chi connectivity index (χ1n) is 6.28. The molecular formula is C14H20N4O. The predicted molar refractivity (Wildman–Crippen MR) is 78.1 cm³/mol. The average molecular weight is 260 g/mol. The monoisotopic (exact) mass is 260 g/mol. The van der Waals surface area contributed by atoms with E-state index in [1.54, 1.807) is 11.8 Å². The van der Waals surface area contributed by atoms with Gasteiger partial charge in [0.05, 0.1) is 24.2 Å². The standard InChI is InChI=1S/C14H20N4O/c1-5-10-13(15)14(18(3)16-10)17(2)11-8-6-7-9-12(11)19-4/h6-9H,5,15H2,1-4H3. The Morgan fingerprint density at radius 1 is 1.37 bits per heavy atom. The van der Waals surface area contributed by atoms with Crippen LogP contribution in [0.3, 0.4) is 0 Å². The average Bonchev–Trinajstić information content (AvgIpc) is 2.72. The number of aryl methyl sites for hydroxylation is 2. The third-order valence-corrected chi connectivity index (χ3v) is 3.23. The number of para-hydroxylation sites is 2. The molecule has 0 spiro atoms. The molecule has 2 rings (SSSR count). The molecule has 0 saturated carbocycles. The van der Waals surface area contributed by atoms with Gasteiger partial charge in [-0.25, -0.2) is 0 Å². The van der Waals surface area contributed by atoms with E-state index in [0.717, 1.165) is 35.1 Å². The van der Waals surface area contributed by atoms with Crippen molar-refractivity contribution in [2.45, 2.75) is 13.3 Å². The molecule has 0 bridgehead atoms. The molecule has 0 aliphatic rings. The number of aromatic nitrogens is 2. The lowest BCUT2D eigenvalue weighted by molar-refractivity contribution is 0.415. The van der Waals surface area contributed by atoms with Crippen molar-refractivity contribution in [2.24, 2.45) is 7.05 Å². The fourth-order valence-corrected chi connectivity index (χ4v) is 2.27. The van der Waals surface area contributed by atoms with Crippen LogP contribution in [0.25, 0.3) is 0 Å². The Labute approximate surface area is 113 Å². The van der Waals surface area contributed by atoms with E-state index in [4.69, 9.17) is 10.5 Å². The van der Waals surface area contributed by atoms with Gasteiger partial charge in [0, 0.05) is 14.1 Å². The van der Waals surface area contributed by atoms with Crippen molar-refractivity contribution < 1.29 is 4.74 Å². The van der Waals surface area contributed by atoms with E-state index >= 15 is 0 Å². The molecule has 0 fully saturated rings. The highest BCUT2D eigenvalue weighted by Gasteiger charge is 2.18. The van der Waals surface area contributed by atoms with E-state index in [9.17, 15) is 0 Å². The van der Waals surface area contributed by atoms with Gasteiger partial charge in [-0.1, -0.05) is 19.1 Å². The van der Waals surface area contributed by atoms with Gasteiger partial charge >= 0.3 is 0 Å². The Hall–Kier alpha value is -2.17. The molecule has 0 aliphatic heterocycles. The lowest BCUT2D eigenvalue weighted by atomic mass is 10.2. The predicted octanol–water partition coefficient (Wildman–Crippen LogP) is 2.34. The van der Waals surface area contributed by atoms with Gasteiger partial charge < -0.3 is 15.4 Å². The van der Waals surface area contributed by atoms with Crippen LogP contribution in [0.2, 0.25) is 0 Å². The lowest BCUT2D eigenvalue weighted by Gasteiger charge is -2.22. The zero-order valence-corrected chi connectivity index (χ0v) is 11.8. The number of anilines is 3. The molecule has 1 aromatic carbocycles. The summed E-state index contributed by atoms with van der Waals surface area (Å²) < 4.78 is 7.19. The van der Waals surface area contributed by atoms with Crippen molar-refractivity contribution in [1.29, 1.82) is 0 Å².